The van der Waals surface area contributed by atoms with E-state index in [1.54, 1.807) is 6.92 Å². The Kier molecular flexibility index (Phi) is 4.24. The van der Waals surface area contributed by atoms with E-state index in [9.17, 15) is 14.4 Å². The van der Waals surface area contributed by atoms with Crippen molar-refractivity contribution in [2.45, 2.75) is 82.6 Å². The van der Waals surface area contributed by atoms with E-state index >= 15 is 0 Å². The summed E-state index contributed by atoms with van der Waals surface area (Å²) in [7, 11) is 1.51. The number of carbonyl (C=O) groups is 3. The van der Waals surface area contributed by atoms with E-state index in [2.05, 4.69) is 4.90 Å². The molecule has 5 atom stereocenters. The molecule has 1 aliphatic carbocycles. The maximum Gasteiger partial charge on any atom is 0.338 e. The molecular formula is C23H29NO6. The smallest absolute Gasteiger partial charge is 0.338 e. The molecule has 0 amide bonds. The standard InChI is InChI=1S/C23H29NO6/c1-12-11-17(29-20(12)26)16-8-9-22-15(7-5-6-10-24(16)22)13(2)18(25)23(22)19(28-4)14(3)21(27)30-23/h12,16-17H,5-11H2,1-4H3/t12-,16-,17-,22-,23-/m0/s1. The molecule has 7 nitrogen and oxygen atoms in total. The van der Waals surface area contributed by atoms with Crippen LogP contribution in [0.3, 0.4) is 0 Å². The molecule has 0 aromatic rings. The zero-order valence-corrected chi connectivity index (χ0v) is 18.1. The summed E-state index contributed by atoms with van der Waals surface area (Å²) in [5.74, 6) is -0.576. The third-order valence-corrected chi connectivity index (χ3v) is 8.06. The molecule has 30 heavy (non-hydrogen) atoms. The number of carbonyl (C=O) groups excluding carboxylic acids is 3. The summed E-state index contributed by atoms with van der Waals surface area (Å²) < 4.78 is 17.5. The van der Waals surface area contributed by atoms with Gasteiger partial charge in [0.1, 0.15) is 6.10 Å². The third kappa shape index (κ3) is 2.12. The van der Waals surface area contributed by atoms with Crippen LogP contribution >= 0.6 is 0 Å². The van der Waals surface area contributed by atoms with Crippen LogP contribution in [0.15, 0.2) is 22.5 Å². The average molecular weight is 415 g/mol. The van der Waals surface area contributed by atoms with Crippen molar-refractivity contribution in [1.29, 1.82) is 0 Å². The fraction of sp³-hybridized carbons (Fsp3) is 0.696. The van der Waals surface area contributed by atoms with Gasteiger partial charge in [-0.25, -0.2) is 4.79 Å². The fourth-order valence-corrected chi connectivity index (χ4v) is 6.81. The molecule has 4 aliphatic heterocycles. The molecule has 5 aliphatic rings. The maximum absolute atomic E-state index is 13.8. The number of Topliss-reactive ketones (excluding diaryl/α,β-unsaturated/α-hetero) is 1. The fourth-order valence-electron chi connectivity index (χ4n) is 6.81. The molecule has 0 saturated carbocycles. The lowest BCUT2D eigenvalue weighted by Gasteiger charge is -2.48. The van der Waals surface area contributed by atoms with Crippen LogP contribution in [0.5, 0.6) is 0 Å². The van der Waals surface area contributed by atoms with Gasteiger partial charge in [-0.1, -0.05) is 6.92 Å². The molecule has 3 saturated heterocycles. The van der Waals surface area contributed by atoms with Crippen LogP contribution in [0.4, 0.5) is 0 Å². The number of hydrogen-bond donors (Lipinski definition) is 0. The van der Waals surface area contributed by atoms with Gasteiger partial charge in [-0.2, -0.15) is 0 Å². The molecule has 7 heteroatoms. The number of nitrogens with zero attached hydrogens (tertiary/aromatic N) is 1. The van der Waals surface area contributed by atoms with Crippen molar-refractivity contribution in [3.63, 3.8) is 0 Å². The number of hydrogen-bond acceptors (Lipinski definition) is 7. The highest BCUT2D eigenvalue weighted by atomic mass is 16.6. The molecule has 3 fully saturated rings. The Morgan fingerprint density at radius 1 is 1.13 bits per heavy atom. The number of ether oxygens (including phenoxy) is 3. The minimum Gasteiger partial charge on any atom is -0.496 e. The number of cyclic esters (lactones) is 1. The lowest BCUT2D eigenvalue weighted by Crippen LogP contribution is -2.66. The van der Waals surface area contributed by atoms with Crippen molar-refractivity contribution in [3.8, 4) is 0 Å². The van der Waals surface area contributed by atoms with Gasteiger partial charge in [0.25, 0.3) is 5.60 Å². The van der Waals surface area contributed by atoms with E-state index in [4.69, 9.17) is 14.2 Å². The maximum atomic E-state index is 13.8. The normalized spacial score (nSPS) is 41.3. The van der Waals surface area contributed by atoms with Gasteiger partial charge in [-0.15, -0.1) is 0 Å². The number of methoxy groups -OCH3 is 1. The van der Waals surface area contributed by atoms with E-state index < -0.39 is 17.1 Å². The molecule has 0 aromatic carbocycles. The van der Waals surface area contributed by atoms with Gasteiger partial charge in [0.15, 0.2) is 5.76 Å². The molecule has 0 N–H and O–H groups in total. The van der Waals surface area contributed by atoms with Crippen LogP contribution in [0.25, 0.3) is 0 Å². The van der Waals surface area contributed by atoms with E-state index in [-0.39, 0.29) is 29.8 Å². The molecule has 2 spiro atoms. The monoisotopic (exact) mass is 415 g/mol. The van der Waals surface area contributed by atoms with Crippen LogP contribution in [-0.4, -0.2) is 59.6 Å². The zero-order chi connectivity index (χ0) is 21.4. The predicted octanol–water partition coefficient (Wildman–Crippen LogP) is 2.44. The molecule has 0 unspecified atom stereocenters. The highest BCUT2D eigenvalue weighted by Gasteiger charge is 2.76. The van der Waals surface area contributed by atoms with Crippen molar-refractivity contribution < 1.29 is 28.6 Å². The van der Waals surface area contributed by atoms with Crippen LogP contribution < -0.4 is 0 Å². The van der Waals surface area contributed by atoms with Crippen LogP contribution in [0.1, 0.15) is 59.3 Å². The summed E-state index contributed by atoms with van der Waals surface area (Å²) >= 11 is 0. The largest absolute Gasteiger partial charge is 0.496 e. The highest BCUT2D eigenvalue weighted by Crippen LogP contribution is 2.62. The van der Waals surface area contributed by atoms with Crippen molar-refractivity contribution in [1.82, 2.24) is 4.90 Å². The van der Waals surface area contributed by atoms with E-state index in [1.165, 1.54) is 7.11 Å². The molecule has 0 bridgehead atoms. The second kappa shape index (κ2) is 6.42. The number of esters is 2. The first-order valence-electron chi connectivity index (χ1n) is 11.0. The lowest BCUT2D eigenvalue weighted by atomic mass is 9.73. The Morgan fingerprint density at radius 3 is 2.57 bits per heavy atom. The zero-order valence-electron chi connectivity index (χ0n) is 18.1. The second-order valence-electron chi connectivity index (χ2n) is 9.39. The second-order valence-corrected chi connectivity index (χ2v) is 9.39. The van der Waals surface area contributed by atoms with Crippen molar-refractivity contribution in [2.24, 2.45) is 5.92 Å². The molecular weight excluding hydrogens is 386 g/mol. The van der Waals surface area contributed by atoms with Gasteiger partial charge >= 0.3 is 11.9 Å². The minimum atomic E-state index is -1.46. The topological polar surface area (TPSA) is 82.1 Å². The molecule has 162 valence electrons. The number of rotatable bonds is 2. The van der Waals surface area contributed by atoms with Gasteiger partial charge in [0.2, 0.25) is 5.78 Å². The third-order valence-electron chi connectivity index (χ3n) is 8.06. The van der Waals surface area contributed by atoms with E-state index in [0.717, 1.165) is 37.8 Å². The SMILES string of the molecule is COC1=C(C)C(=O)O[C@@]12C(=O)C(C)=C1CCCCN3[C@H]([C@@H]4C[C@H](C)C(=O)O4)CC[C@@]132. The van der Waals surface area contributed by atoms with Crippen molar-refractivity contribution in [3.05, 3.63) is 22.5 Å². The highest BCUT2D eigenvalue weighted by molar-refractivity contribution is 6.14. The summed E-state index contributed by atoms with van der Waals surface area (Å²) in [4.78, 5) is 41.0. The van der Waals surface area contributed by atoms with Gasteiger partial charge in [0, 0.05) is 6.04 Å². The molecule has 0 radical (unpaired) electrons. The van der Waals surface area contributed by atoms with E-state index in [1.807, 2.05) is 13.8 Å². The summed E-state index contributed by atoms with van der Waals surface area (Å²) in [6, 6.07) is 0.000268. The first-order chi connectivity index (χ1) is 14.3. The summed E-state index contributed by atoms with van der Waals surface area (Å²) in [6.07, 6.45) is 4.69. The van der Waals surface area contributed by atoms with Crippen LogP contribution in [-0.2, 0) is 28.6 Å². The van der Waals surface area contributed by atoms with Crippen LogP contribution in [0.2, 0.25) is 0 Å². The Hall–Kier alpha value is -2.15. The number of ketones is 1. The predicted molar refractivity (Wildman–Crippen MR) is 106 cm³/mol. The Labute approximate surface area is 176 Å². The lowest BCUT2D eigenvalue weighted by molar-refractivity contribution is -0.168. The molecule has 4 heterocycles. The quantitative estimate of drug-likeness (QED) is 0.641. The van der Waals surface area contributed by atoms with Crippen molar-refractivity contribution >= 4 is 17.7 Å². The van der Waals surface area contributed by atoms with E-state index in [0.29, 0.717) is 29.7 Å². The first kappa shape index (κ1) is 19.8. The van der Waals surface area contributed by atoms with Crippen molar-refractivity contribution in [2.75, 3.05) is 13.7 Å². The summed E-state index contributed by atoms with van der Waals surface area (Å²) in [5, 5.41) is 0. The first-order valence-corrected chi connectivity index (χ1v) is 11.0. The Balaban J connectivity index is 1.69. The summed E-state index contributed by atoms with van der Waals surface area (Å²) in [6.45, 7) is 6.20. The Bertz CT molecular complexity index is 919. The minimum absolute atomic E-state index is 0.000268. The van der Waals surface area contributed by atoms with Gasteiger partial charge in [0.05, 0.1) is 24.1 Å². The average Bonchev–Trinajstić information content (AvgIpc) is 3.33. The van der Waals surface area contributed by atoms with Gasteiger partial charge in [-0.3, -0.25) is 14.5 Å². The van der Waals surface area contributed by atoms with Gasteiger partial charge in [-0.05, 0) is 70.1 Å². The van der Waals surface area contributed by atoms with Gasteiger partial charge < -0.3 is 14.2 Å². The Morgan fingerprint density at radius 2 is 1.90 bits per heavy atom. The van der Waals surface area contributed by atoms with Crippen LogP contribution in [0, 0.1) is 5.92 Å². The molecule has 5 rings (SSSR count). The molecule has 0 aromatic heterocycles. The summed E-state index contributed by atoms with van der Waals surface area (Å²) in [5.41, 5.74) is -0.0942.